The topological polar surface area (TPSA) is 78.5 Å². The summed E-state index contributed by atoms with van der Waals surface area (Å²) < 4.78 is 27.7. The van der Waals surface area contributed by atoms with E-state index in [4.69, 9.17) is 0 Å². The van der Waals surface area contributed by atoms with Gasteiger partial charge in [-0.05, 0) is 75.2 Å². The van der Waals surface area contributed by atoms with Crippen LogP contribution < -0.4 is 10.0 Å². The van der Waals surface area contributed by atoms with E-state index in [1.165, 1.54) is 0 Å². The SMILES string of the molecule is Cc1ccc(S(=O)(=O)NC2CC2)cc1C(=O)N1CC[C@@H]2CNC[C@@H]2CC1. The van der Waals surface area contributed by atoms with Crippen LogP contribution in [0.25, 0.3) is 0 Å². The average Bonchev–Trinajstić information content (AvgIpc) is 3.34. The highest BCUT2D eigenvalue weighted by molar-refractivity contribution is 7.89. The highest BCUT2D eigenvalue weighted by Gasteiger charge is 2.33. The minimum absolute atomic E-state index is 0.0427. The normalized spacial score (nSPS) is 26.4. The van der Waals surface area contributed by atoms with Crippen LogP contribution >= 0.6 is 0 Å². The van der Waals surface area contributed by atoms with Crippen molar-refractivity contribution in [2.24, 2.45) is 11.8 Å². The number of carbonyl (C=O) groups excluding carboxylic acids is 1. The van der Waals surface area contributed by atoms with E-state index in [-0.39, 0.29) is 16.8 Å². The first kappa shape index (κ1) is 17.9. The number of fused-ring (bicyclic) bond motifs is 1. The third-order valence-corrected chi connectivity index (χ3v) is 7.47. The van der Waals surface area contributed by atoms with Gasteiger partial charge in [-0.3, -0.25) is 4.79 Å². The van der Waals surface area contributed by atoms with Gasteiger partial charge in [-0.2, -0.15) is 0 Å². The Morgan fingerprint density at radius 3 is 2.38 bits per heavy atom. The molecule has 1 aliphatic carbocycles. The van der Waals surface area contributed by atoms with Crippen LogP contribution in [0.2, 0.25) is 0 Å². The zero-order chi connectivity index (χ0) is 18.3. The molecule has 0 spiro atoms. The van der Waals surface area contributed by atoms with Gasteiger partial charge < -0.3 is 10.2 Å². The van der Waals surface area contributed by atoms with Gasteiger partial charge in [0, 0.05) is 24.7 Å². The van der Waals surface area contributed by atoms with E-state index < -0.39 is 10.0 Å². The summed E-state index contributed by atoms with van der Waals surface area (Å²) in [6, 6.07) is 4.94. The largest absolute Gasteiger partial charge is 0.339 e. The van der Waals surface area contributed by atoms with Gasteiger partial charge in [0.2, 0.25) is 10.0 Å². The van der Waals surface area contributed by atoms with Crippen molar-refractivity contribution in [1.29, 1.82) is 0 Å². The Bertz CT molecular complexity index is 790. The van der Waals surface area contributed by atoms with Crippen LogP contribution in [0.4, 0.5) is 0 Å². The Balaban J connectivity index is 1.54. The van der Waals surface area contributed by atoms with Crippen LogP contribution in [0.3, 0.4) is 0 Å². The number of rotatable bonds is 4. The number of benzene rings is 1. The Labute approximate surface area is 155 Å². The molecule has 2 atom stereocenters. The smallest absolute Gasteiger partial charge is 0.254 e. The second-order valence-corrected chi connectivity index (χ2v) is 9.63. The molecule has 2 N–H and O–H groups in total. The number of hydrogen-bond donors (Lipinski definition) is 2. The first-order chi connectivity index (χ1) is 12.4. The van der Waals surface area contributed by atoms with Crippen LogP contribution in [0.5, 0.6) is 0 Å². The van der Waals surface area contributed by atoms with Crippen LogP contribution in [-0.2, 0) is 10.0 Å². The zero-order valence-electron chi connectivity index (χ0n) is 15.2. The summed E-state index contributed by atoms with van der Waals surface area (Å²) in [6.45, 7) is 5.46. The minimum Gasteiger partial charge on any atom is -0.339 e. The van der Waals surface area contributed by atoms with Crippen molar-refractivity contribution in [2.45, 2.75) is 43.5 Å². The van der Waals surface area contributed by atoms with E-state index in [1.807, 2.05) is 11.8 Å². The monoisotopic (exact) mass is 377 g/mol. The van der Waals surface area contributed by atoms with Crippen molar-refractivity contribution in [3.05, 3.63) is 29.3 Å². The molecule has 0 unspecified atom stereocenters. The molecule has 0 radical (unpaired) electrons. The summed E-state index contributed by atoms with van der Waals surface area (Å²) in [6.07, 6.45) is 3.82. The highest BCUT2D eigenvalue weighted by atomic mass is 32.2. The standard InChI is InChI=1S/C19H27N3O3S/c1-13-2-5-17(26(24,25)21-16-3-4-16)10-18(13)19(23)22-8-6-14-11-20-12-15(14)7-9-22/h2,5,10,14-16,20-21H,3-4,6-9,11-12H2,1H3/t14-,15+. The highest BCUT2D eigenvalue weighted by Crippen LogP contribution is 2.28. The minimum atomic E-state index is -3.55. The summed E-state index contributed by atoms with van der Waals surface area (Å²) >= 11 is 0. The molecule has 2 aliphatic heterocycles. The van der Waals surface area contributed by atoms with Gasteiger partial charge in [0.05, 0.1) is 4.90 Å². The molecule has 3 fully saturated rings. The van der Waals surface area contributed by atoms with Gasteiger partial charge in [-0.25, -0.2) is 13.1 Å². The molecule has 26 heavy (non-hydrogen) atoms. The molecule has 1 aromatic carbocycles. The third kappa shape index (κ3) is 3.66. The number of hydrogen-bond acceptors (Lipinski definition) is 4. The predicted octanol–water partition coefficient (Wildman–Crippen LogP) is 1.51. The molecule has 4 rings (SSSR count). The van der Waals surface area contributed by atoms with Gasteiger partial charge in [0.1, 0.15) is 0 Å². The second-order valence-electron chi connectivity index (χ2n) is 7.92. The molecular weight excluding hydrogens is 350 g/mol. The summed E-state index contributed by atoms with van der Waals surface area (Å²) in [5.74, 6) is 1.27. The van der Waals surface area contributed by atoms with E-state index in [2.05, 4.69) is 10.0 Å². The van der Waals surface area contributed by atoms with Gasteiger partial charge in [-0.15, -0.1) is 0 Å². The molecule has 0 aromatic heterocycles. The lowest BCUT2D eigenvalue weighted by Crippen LogP contribution is -2.33. The summed E-state index contributed by atoms with van der Waals surface area (Å²) in [7, 11) is -3.55. The summed E-state index contributed by atoms with van der Waals surface area (Å²) in [5.41, 5.74) is 1.33. The molecule has 3 aliphatic rings. The van der Waals surface area contributed by atoms with Crippen LogP contribution in [0.15, 0.2) is 23.1 Å². The quantitative estimate of drug-likeness (QED) is 0.834. The van der Waals surface area contributed by atoms with Crippen molar-refractivity contribution >= 4 is 15.9 Å². The number of aryl methyl sites for hydroxylation is 1. The number of carbonyl (C=O) groups is 1. The number of amides is 1. The lowest BCUT2D eigenvalue weighted by molar-refractivity contribution is 0.0757. The van der Waals surface area contributed by atoms with Crippen LogP contribution in [-0.4, -0.2) is 51.4 Å². The Morgan fingerprint density at radius 1 is 1.12 bits per heavy atom. The van der Waals surface area contributed by atoms with E-state index in [0.29, 0.717) is 17.4 Å². The van der Waals surface area contributed by atoms with E-state index in [9.17, 15) is 13.2 Å². The van der Waals surface area contributed by atoms with Crippen molar-refractivity contribution < 1.29 is 13.2 Å². The molecule has 1 saturated carbocycles. The molecular formula is C19H27N3O3S. The fourth-order valence-corrected chi connectivity index (χ4v) is 5.41. The lowest BCUT2D eigenvalue weighted by Gasteiger charge is -2.22. The van der Waals surface area contributed by atoms with Crippen molar-refractivity contribution in [1.82, 2.24) is 14.9 Å². The fraction of sp³-hybridized carbons (Fsp3) is 0.632. The van der Waals surface area contributed by atoms with Crippen molar-refractivity contribution in [2.75, 3.05) is 26.2 Å². The fourth-order valence-electron chi connectivity index (χ4n) is 4.08. The molecule has 7 heteroatoms. The van der Waals surface area contributed by atoms with E-state index in [1.54, 1.807) is 18.2 Å². The van der Waals surface area contributed by atoms with Gasteiger partial charge in [-0.1, -0.05) is 6.07 Å². The zero-order valence-corrected chi connectivity index (χ0v) is 16.0. The molecule has 2 heterocycles. The number of nitrogens with zero attached hydrogens (tertiary/aromatic N) is 1. The van der Waals surface area contributed by atoms with Crippen LogP contribution in [0.1, 0.15) is 41.6 Å². The summed E-state index contributed by atoms with van der Waals surface area (Å²) in [4.78, 5) is 15.2. The predicted molar refractivity (Wildman–Crippen MR) is 99.5 cm³/mol. The molecule has 6 nitrogen and oxygen atoms in total. The molecule has 142 valence electrons. The maximum Gasteiger partial charge on any atom is 0.254 e. The first-order valence-electron chi connectivity index (χ1n) is 9.57. The number of likely N-dealkylation sites (tertiary alicyclic amines) is 1. The van der Waals surface area contributed by atoms with Gasteiger partial charge >= 0.3 is 0 Å². The molecule has 0 bridgehead atoms. The van der Waals surface area contributed by atoms with Crippen molar-refractivity contribution in [3.8, 4) is 0 Å². The average molecular weight is 378 g/mol. The maximum absolute atomic E-state index is 13.1. The molecule has 1 aromatic rings. The maximum atomic E-state index is 13.1. The lowest BCUT2D eigenvalue weighted by atomic mass is 9.92. The van der Waals surface area contributed by atoms with Gasteiger partial charge in [0.15, 0.2) is 0 Å². The van der Waals surface area contributed by atoms with E-state index in [0.717, 1.165) is 57.4 Å². The molecule has 2 saturated heterocycles. The Kier molecular flexibility index (Phi) is 4.79. The number of nitrogens with one attached hydrogen (secondary N) is 2. The van der Waals surface area contributed by atoms with Gasteiger partial charge in [0.25, 0.3) is 5.91 Å². The molecule has 1 amide bonds. The number of sulfonamides is 1. The van der Waals surface area contributed by atoms with Crippen molar-refractivity contribution in [3.63, 3.8) is 0 Å². The van der Waals surface area contributed by atoms with Crippen LogP contribution in [0, 0.1) is 18.8 Å². The Morgan fingerprint density at radius 2 is 1.77 bits per heavy atom. The second kappa shape index (κ2) is 6.94. The summed E-state index contributed by atoms with van der Waals surface area (Å²) in [5, 5.41) is 3.44. The Hall–Kier alpha value is -1.44. The third-order valence-electron chi connectivity index (χ3n) is 5.96. The van der Waals surface area contributed by atoms with E-state index >= 15 is 0 Å². The first-order valence-corrected chi connectivity index (χ1v) is 11.1.